The number of carboxylic acid groups (broad SMARTS) is 1. The van der Waals surface area contributed by atoms with Gasteiger partial charge in [0, 0.05) is 12.6 Å². The number of nitrogens with zero attached hydrogens (tertiary/aromatic N) is 2. The highest BCUT2D eigenvalue weighted by atomic mass is 16.6. The molecule has 8 heteroatoms. The molecule has 0 atom stereocenters. The zero-order valence-corrected chi connectivity index (χ0v) is 11.8. The van der Waals surface area contributed by atoms with Crippen molar-refractivity contribution in [2.75, 3.05) is 18.0 Å². The Morgan fingerprint density at radius 1 is 1.43 bits per heavy atom. The predicted octanol–water partition coefficient (Wildman–Crippen LogP) is 1.24. The maximum atomic E-state index is 11.1. The molecule has 1 rings (SSSR count). The number of hydrogen-bond acceptors (Lipinski definition) is 5. The summed E-state index contributed by atoms with van der Waals surface area (Å²) in [4.78, 5) is 34.0. The summed E-state index contributed by atoms with van der Waals surface area (Å²) in [5.74, 6) is -1.73. The van der Waals surface area contributed by atoms with Crippen molar-refractivity contribution in [2.45, 2.75) is 13.8 Å². The van der Waals surface area contributed by atoms with Crippen LogP contribution >= 0.6 is 0 Å². The number of carboxylic acids is 1. The van der Waals surface area contributed by atoms with E-state index >= 15 is 0 Å². The number of hydrogen-bond donors (Lipinski definition) is 2. The Morgan fingerprint density at radius 2 is 2.05 bits per heavy atom. The van der Waals surface area contributed by atoms with Gasteiger partial charge in [0.15, 0.2) is 0 Å². The Balaban J connectivity index is 3.31. The fraction of sp³-hybridized carbons (Fsp3) is 0.385. The minimum Gasteiger partial charge on any atom is -0.478 e. The smallest absolute Gasteiger partial charge is 0.335 e. The van der Waals surface area contributed by atoms with Gasteiger partial charge in [0.05, 0.1) is 17.0 Å². The topological polar surface area (TPSA) is 127 Å². The third-order valence-electron chi connectivity index (χ3n) is 2.69. The van der Waals surface area contributed by atoms with E-state index in [4.69, 9.17) is 10.8 Å². The van der Waals surface area contributed by atoms with Crippen LogP contribution in [0.2, 0.25) is 0 Å². The SMILES string of the molecule is CC(C)CN(CC(N)=O)c1ccc(C(=O)O)cc1[N+](=O)[O-]. The van der Waals surface area contributed by atoms with Crippen molar-refractivity contribution in [3.8, 4) is 0 Å². The number of primary amides is 1. The van der Waals surface area contributed by atoms with Crippen LogP contribution in [0.1, 0.15) is 24.2 Å². The van der Waals surface area contributed by atoms with E-state index in [1.54, 1.807) is 0 Å². The summed E-state index contributed by atoms with van der Waals surface area (Å²) in [5, 5.41) is 20.0. The third-order valence-corrected chi connectivity index (χ3v) is 2.69. The van der Waals surface area contributed by atoms with Gasteiger partial charge in [-0.2, -0.15) is 0 Å². The van der Waals surface area contributed by atoms with Crippen molar-refractivity contribution in [1.82, 2.24) is 0 Å². The number of amides is 1. The fourth-order valence-corrected chi connectivity index (χ4v) is 1.95. The number of carbonyl (C=O) groups excluding carboxylic acids is 1. The van der Waals surface area contributed by atoms with Crippen molar-refractivity contribution >= 4 is 23.3 Å². The third kappa shape index (κ3) is 4.44. The number of nitro groups is 1. The molecule has 0 saturated heterocycles. The highest BCUT2D eigenvalue weighted by molar-refractivity contribution is 5.90. The number of benzene rings is 1. The average molecular weight is 295 g/mol. The molecule has 8 nitrogen and oxygen atoms in total. The maximum Gasteiger partial charge on any atom is 0.335 e. The van der Waals surface area contributed by atoms with Crippen LogP contribution in [-0.2, 0) is 4.79 Å². The van der Waals surface area contributed by atoms with E-state index in [-0.39, 0.29) is 29.4 Å². The lowest BCUT2D eigenvalue weighted by Crippen LogP contribution is -2.36. The quantitative estimate of drug-likeness (QED) is 0.575. The van der Waals surface area contributed by atoms with Gasteiger partial charge in [0.2, 0.25) is 5.91 Å². The Hall–Kier alpha value is -2.64. The lowest BCUT2D eigenvalue weighted by Gasteiger charge is -2.25. The molecule has 0 heterocycles. The molecule has 1 amide bonds. The molecule has 0 fully saturated rings. The highest BCUT2D eigenvalue weighted by Crippen LogP contribution is 2.29. The van der Waals surface area contributed by atoms with E-state index < -0.39 is 16.8 Å². The van der Waals surface area contributed by atoms with E-state index in [1.165, 1.54) is 17.0 Å². The van der Waals surface area contributed by atoms with Crippen LogP contribution in [0.15, 0.2) is 18.2 Å². The Morgan fingerprint density at radius 3 is 2.48 bits per heavy atom. The summed E-state index contributed by atoms with van der Waals surface area (Å²) in [5.41, 5.74) is 4.79. The van der Waals surface area contributed by atoms with E-state index in [9.17, 15) is 19.7 Å². The van der Waals surface area contributed by atoms with E-state index in [2.05, 4.69) is 0 Å². The normalized spacial score (nSPS) is 10.4. The largest absolute Gasteiger partial charge is 0.478 e. The molecule has 0 spiro atoms. The van der Waals surface area contributed by atoms with Crippen LogP contribution in [0.4, 0.5) is 11.4 Å². The van der Waals surface area contributed by atoms with Gasteiger partial charge >= 0.3 is 5.97 Å². The van der Waals surface area contributed by atoms with Crippen LogP contribution in [0.25, 0.3) is 0 Å². The summed E-state index contributed by atoms with van der Waals surface area (Å²) >= 11 is 0. The van der Waals surface area contributed by atoms with Gasteiger partial charge in [-0.1, -0.05) is 13.8 Å². The molecule has 1 aromatic carbocycles. The minimum atomic E-state index is -1.25. The number of anilines is 1. The second kappa shape index (κ2) is 6.69. The number of rotatable bonds is 7. The molecule has 0 saturated carbocycles. The molecule has 0 aliphatic heterocycles. The Labute approximate surface area is 121 Å². The van der Waals surface area contributed by atoms with Crippen molar-refractivity contribution < 1.29 is 19.6 Å². The first-order chi connectivity index (χ1) is 9.72. The van der Waals surface area contributed by atoms with Crippen molar-refractivity contribution in [1.29, 1.82) is 0 Å². The van der Waals surface area contributed by atoms with Crippen LogP contribution < -0.4 is 10.6 Å². The van der Waals surface area contributed by atoms with Gasteiger partial charge in [-0.05, 0) is 18.1 Å². The molecule has 0 radical (unpaired) electrons. The van der Waals surface area contributed by atoms with Crippen molar-refractivity contribution in [3.63, 3.8) is 0 Å². The van der Waals surface area contributed by atoms with Crippen molar-refractivity contribution in [3.05, 3.63) is 33.9 Å². The lowest BCUT2D eigenvalue weighted by atomic mass is 10.1. The summed E-state index contributed by atoms with van der Waals surface area (Å²) in [6.07, 6.45) is 0. The first-order valence-corrected chi connectivity index (χ1v) is 6.27. The number of nitrogens with two attached hydrogens (primary N) is 1. The molecule has 0 aliphatic carbocycles. The minimum absolute atomic E-state index is 0.142. The predicted molar refractivity (Wildman–Crippen MR) is 76.3 cm³/mol. The summed E-state index contributed by atoms with van der Waals surface area (Å²) in [7, 11) is 0. The zero-order chi connectivity index (χ0) is 16.2. The van der Waals surface area contributed by atoms with Gasteiger partial charge in [0.1, 0.15) is 5.69 Å². The van der Waals surface area contributed by atoms with Gasteiger partial charge in [0.25, 0.3) is 5.69 Å². The van der Waals surface area contributed by atoms with Crippen LogP contribution in [0, 0.1) is 16.0 Å². The maximum absolute atomic E-state index is 11.1. The molecule has 3 N–H and O–H groups in total. The van der Waals surface area contributed by atoms with Gasteiger partial charge in [-0.15, -0.1) is 0 Å². The first kappa shape index (κ1) is 16.4. The fourth-order valence-electron chi connectivity index (χ4n) is 1.95. The van der Waals surface area contributed by atoms with Crippen molar-refractivity contribution in [2.24, 2.45) is 11.7 Å². The van der Waals surface area contributed by atoms with E-state index in [0.717, 1.165) is 6.07 Å². The van der Waals surface area contributed by atoms with E-state index in [1.807, 2.05) is 13.8 Å². The van der Waals surface area contributed by atoms with Crippen LogP contribution in [-0.4, -0.2) is 35.0 Å². The van der Waals surface area contributed by atoms with Gasteiger partial charge < -0.3 is 15.7 Å². The zero-order valence-electron chi connectivity index (χ0n) is 11.8. The summed E-state index contributed by atoms with van der Waals surface area (Å²) < 4.78 is 0. The average Bonchev–Trinajstić information content (AvgIpc) is 2.35. The lowest BCUT2D eigenvalue weighted by molar-refractivity contribution is -0.384. The molecule has 0 aromatic heterocycles. The van der Waals surface area contributed by atoms with Gasteiger partial charge in [-0.25, -0.2) is 4.79 Å². The van der Waals surface area contributed by atoms with Crippen LogP contribution in [0.5, 0.6) is 0 Å². The molecule has 1 aromatic rings. The second-order valence-corrected chi connectivity index (χ2v) is 5.01. The monoisotopic (exact) mass is 295 g/mol. The molecule has 0 unspecified atom stereocenters. The number of aromatic carboxylic acids is 1. The van der Waals surface area contributed by atoms with E-state index in [0.29, 0.717) is 6.54 Å². The summed E-state index contributed by atoms with van der Waals surface area (Å²) in [6.45, 7) is 4.00. The summed E-state index contributed by atoms with van der Waals surface area (Å²) in [6, 6.07) is 3.57. The Kier molecular flexibility index (Phi) is 5.23. The molecule has 114 valence electrons. The Bertz CT molecular complexity index is 571. The van der Waals surface area contributed by atoms with Gasteiger partial charge in [-0.3, -0.25) is 14.9 Å². The molecule has 0 bridgehead atoms. The molecular formula is C13H17N3O5. The second-order valence-electron chi connectivity index (χ2n) is 5.01. The number of carbonyl (C=O) groups is 2. The standard InChI is InChI=1S/C13H17N3O5/c1-8(2)6-15(7-12(14)17)10-4-3-9(13(18)19)5-11(10)16(20)21/h3-5,8H,6-7H2,1-2H3,(H2,14,17)(H,18,19). The molecule has 21 heavy (non-hydrogen) atoms. The first-order valence-electron chi connectivity index (χ1n) is 6.27. The molecule has 0 aliphatic rings. The highest BCUT2D eigenvalue weighted by Gasteiger charge is 2.23. The number of nitro benzene ring substituents is 1. The van der Waals surface area contributed by atoms with Crippen LogP contribution in [0.3, 0.4) is 0 Å². The molecular weight excluding hydrogens is 278 g/mol.